The summed E-state index contributed by atoms with van der Waals surface area (Å²) in [5.74, 6) is -0.533. The van der Waals surface area contributed by atoms with Crippen LogP contribution in [0, 0.1) is 13.8 Å². The molecule has 23 heavy (non-hydrogen) atoms. The largest absolute Gasteiger partial charge is 0.455 e. The van der Waals surface area contributed by atoms with Gasteiger partial charge in [0.15, 0.2) is 6.61 Å². The number of thiophene rings is 1. The third kappa shape index (κ3) is 4.00. The fourth-order valence-electron chi connectivity index (χ4n) is 2.07. The Morgan fingerprint density at radius 1 is 1.39 bits per heavy atom. The number of aryl methyl sites for hydroxylation is 2. The standard InChI is InChI=1S/C15H17N3O3S2/c1-8-9(2)23-15-13(8)14(16-7-17-15)22-6-12(20)21-5-11(19)18-10-3-4-10/h7,10H,3-6H2,1-2H3,(H,18,19). The van der Waals surface area contributed by atoms with Crippen molar-refractivity contribution in [3.8, 4) is 0 Å². The normalized spacial score (nSPS) is 14.0. The fourth-order valence-corrected chi connectivity index (χ4v) is 3.99. The van der Waals surface area contributed by atoms with E-state index in [-0.39, 0.29) is 24.3 Å². The van der Waals surface area contributed by atoms with Gasteiger partial charge in [0.1, 0.15) is 16.2 Å². The number of aromatic nitrogens is 2. The zero-order valence-electron chi connectivity index (χ0n) is 12.9. The van der Waals surface area contributed by atoms with E-state index >= 15 is 0 Å². The first-order valence-electron chi connectivity index (χ1n) is 7.33. The molecule has 2 aromatic rings. The lowest BCUT2D eigenvalue weighted by molar-refractivity contribution is -0.145. The maximum atomic E-state index is 11.8. The number of hydrogen-bond donors (Lipinski definition) is 1. The van der Waals surface area contributed by atoms with Gasteiger partial charge in [0.2, 0.25) is 0 Å². The SMILES string of the molecule is Cc1sc2ncnc(SCC(=O)OCC(=O)NC3CC3)c2c1C. The molecule has 2 aromatic heterocycles. The van der Waals surface area contributed by atoms with Crippen LogP contribution in [0.4, 0.5) is 0 Å². The van der Waals surface area contributed by atoms with Crippen LogP contribution in [-0.2, 0) is 14.3 Å². The molecule has 2 heterocycles. The molecule has 0 radical (unpaired) electrons. The summed E-state index contributed by atoms with van der Waals surface area (Å²) in [6.07, 6.45) is 3.53. The number of carbonyl (C=O) groups excluding carboxylic acids is 2. The average molecular weight is 351 g/mol. The molecule has 122 valence electrons. The zero-order chi connectivity index (χ0) is 16.4. The number of amides is 1. The molecule has 1 aliphatic carbocycles. The number of ether oxygens (including phenoxy) is 1. The zero-order valence-corrected chi connectivity index (χ0v) is 14.6. The van der Waals surface area contributed by atoms with Crippen molar-refractivity contribution in [3.05, 3.63) is 16.8 Å². The molecule has 3 rings (SSSR count). The van der Waals surface area contributed by atoms with Gasteiger partial charge >= 0.3 is 5.97 Å². The van der Waals surface area contributed by atoms with Crippen LogP contribution in [0.25, 0.3) is 10.2 Å². The number of carbonyl (C=O) groups is 2. The highest BCUT2D eigenvalue weighted by molar-refractivity contribution is 8.00. The lowest BCUT2D eigenvalue weighted by Crippen LogP contribution is -2.30. The van der Waals surface area contributed by atoms with Crippen molar-refractivity contribution < 1.29 is 14.3 Å². The van der Waals surface area contributed by atoms with Crippen molar-refractivity contribution in [2.75, 3.05) is 12.4 Å². The smallest absolute Gasteiger partial charge is 0.316 e. The lowest BCUT2D eigenvalue weighted by Gasteiger charge is -2.06. The molecule has 0 aliphatic heterocycles. The predicted octanol–water partition coefficient (Wildman–Crippen LogP) is 2.22. The number of fused-ring (bicyclic) bond motifs is 1. The molecule has 1 N–H and O–H groups in total. The second kappa shape index (κ2) is 6.84. The van der Waals surface area contributed by atoms with E-state index in [1.165, 1.54) is 23.0 Å². The number of thioether (sulfide) groups is 1. The van der Waals surface area contributed by atoms with Crippen molar-refractivity contribution in [1.82, 2.24) is 15.3 Å². The maximum absolute atomic E-state index is 11.8. The van der Waals surface area contributed by atoms with Gasteiger partial charge in [0, 0.05) is 16.3 Å². The summed E-state index contributed by atoms with van der Waals surface area (Å²) in [7, 11) is 0. The second-order valence-corrected chi connectivity index (χ2v) is 7.60. The number of nitrogens with zero attached hydrogens (tertiary/aromatic N) is 2. The maximum Gasteiger partial charge on any atom is 0.316 e. The van der Waals surface area contributed by atoms with Gasteiger partial charge in [-0.05, 0) is 32.3 Å². The minimum atomic E-state index is -0.419. The predicted molar refractivity (Wildman–Crippen MR) is 89.7 cm³/mol. The van der Waals surface area contributed by atoms with Gasteiger partial charge in [0.25, 0.3) is 5.91 Å². The highest BCUT2D eigenvalue weighted by Gasteiger charge is 2.23. The molecule has 0 spiro atoms. The number of rotatable bonds is 6. The van der Waals surface area contributed by atoms with Gasteiger partial charge < -0.3 is 10.1 Å². The number of nitrogens with one attached hydrogen (secondary N) is 1. The molecular formula is C15H17N3O3S2. The van der Waals surface area contributed by atoms with Crippen LogP contribution in [-0.4, -0.2) is 40.2 Å². The van der Waals surface area contributed by atoms with Gasteiger partial charge in [0.05, 0.1) is 5.75 Å². The Morgan fingerprint density at radius 3 is 2.91 bits per heavy atom. The molecular weight excluding hydrogens is 334 g/mol. The first-order chi connectivity index (χ1) is 11.0. The van der Waals surface area contributed by atoms with Crippen molar-refractivity contribution in [2.45, 2.75) is 37.8 Å². The Bertz CT molecular complexity index is 756. The molecule has 6 nitrogen and oxygen atoms in total. The average Bonchev–Trinajstić information content (AvgIpc) is 3.29. The highest BCUT2D eigenvalue weighted by atomic mass is 32.2. The molecule has 1 saturated carbocycles. The third-order valence-electron chi connectivity index (χ3n) is 3.56. The Hall–Kier alpha value is -1.67. The summed E-state index contributed by atoms with van der Waals surface area (Å²) in [5.41, 5.74) is 1.14. The monoisotopic (exact) mass is 351 g/mol. The summed E-state index contributed by atoms with van der Waals surface area (Å²) in [6, 6.07) is 0.273. The van der Waals surface area contributed by atoms with E-state index in [9.17, 15) is 9.59 Å². The molecule has 1 fully saturated rings. The first kappa shape index (κ1) is 16.2. The van der Waals surface area contributed by atoms with E-state index in [1.54, 1.807) is 11.3 Å². The lowest BCUT2D eigenvalue weighted by atomic mass is 10.2. The van der Waals surface area contributed by atoms with E-state index < -0.39 is 5.97 Å². The van der Waals surface area contributed by atoms with Gasteiger partial charge in [-0.1, -0.05) is 11.8 Å². The Labute approximate surface area is 142 Å². The van der Waals surface area contributed by atoms with Crippen molar-refractivity contribution in [3.63, 3.8) is 0 Å². The minimum absolute atomic E-state index is 0.122. The summed E-state index contributed by atoms with van der Waals surface area (Å²) in [5, 5.41) is 4.55. The molecule has 0 bridgehead atoms. The molecule has 8 heteroatoms. The highest BCUT2D eigenvalue weighted by Crippen LogP contribution is 2.34. The van der Waals surface area contributed by atoms with Crippen LogP contribution < -0.4 is 5.32 Å². The summed E-state index contributed by atoms with van der Waals surface area (Å²) in [6.45, 7) is 3.86. The van der Waals surface area contributed by atoms with Crippen molar-refractivity contribution in [1.29, 1.82) is 0 Å². The van der Waals surface area contributed by atoms with E-state index in [1.807, 2.05) is 13.8 Å². The van der Waals surface area contributed by atoms with Crippen LogP contribution in [0.2, 0.25) is 0 Å². The molecule has 0 unspecified atom stereocenters. The van der Waals surface area contributed by atoms with Crippen LogP contribution in [0.5, 0.6) is 0 Å². The first-order valence-corrected chi connectivity index (χ1v) is 9.13. The minimum Gasteiger partial charge on any atom is -0.455 e. The third-order valence-corrected chi connectivity index (χ3v) is 5.64. The van der Waals surface area contributed by atoms with Crippen LogP contribution in [0.15, 0.2) is 11.4 Å². The number of hydrogen-bond acceptors (Lipinski definition) is 7. The fraction of sp³-hybridized carbons (Fsp3) is 0.467. The quantitative estimate of drug-likeness (QED) is 0.488. The second-order valence-electron chi connectivity index (χ2n) is 5.43. The number of esters is 1. The molecule has 0 atom stereocenters. The van der Waals surface area contributed by atoms with Gasteiger partial charge in [-0.2, -0.15) is 0 Å². The summed E-state index contributed by atoms with van der Waals surface area (Å²) in [4.78, 5) is 33.9. The Balaban J connectivity index is 1.55. The molecule has 0 aromatic carbocycles. The summed E-state index contributed by atoms with van der Waals surface area (Å²) >= 11 is 2.93. The van der Waals surface area contributed by atoms with Gasteiger partial charge in [-0.15, -0.1) is 11.3 Å². The van der Waals surface area contributed by atoms with Crippen LogP contribution >= 0.6 is 23.1 Å². The summed E-state index contributed by atoms with van der Waals surface area (Å²) < 4.78 is 4.99. The Kier molecular flexibility index (Phi) is 4.82. The van der Waals surface area contributed by atoms with Crippen molar-refractivity contribution >= 4 is 45.2 Å². The molecule has 1 aliphatic rings. The van der Waals surface area contributed by atoms with Crippen LogP contribution in [0.1, 0.15) is 23.3 Å². The van der Waals surface area contributed by atoms with E-state index in [0.29, 0.717) is 0 Å². The Morgan fingerprint density at radius 2 is 2.17 bits per heavy atom. The van der Waals surface area contributed by atoms with Crippen LogP contribution in [0.3, 0.4) is 0 Å². The molecule has 0 saturated heterocycles. The van der Waals surface area contributed by atoms with E-state index in [2.05, 4.69) is 15.3 Å². The van der Waals surface area contributed by atoms with Gasteiger partial charge in [-0.25, -0.2) is 9.97 Å². The van der Waals surface area contributed by atoms with Gasteiger partial charge in [-0.3, -0.25) is 9.59 Å². The molecule has 1 amide bonds. The topological polar surface area (TPSA) is 81.2 Å². The van der Waals surface area contributed by atoms with E-state index in [0.717, 1.165) is 33.6 Å². The van der Waals surface area contributed by atoms with E-state index in [4.69, 9.17) is 4.74 Å². The van der Waals surface area contributed by atoms with Crippen molar-refractivity contribution in [2.24, 2.45) is 0 Å².